The van der Waals surface area contributed by atoms with Crippen molar-refractivity contribution < 1.29 is 17.3 Å². The summed E-state index contributed by atoms with van der Waals surface area (Å²) >= 11 is -1.03. The van der Waals surface area contributed by atoms with E-state index >= 15 is 0 Å². The monoisotopic (exact) mass is 416 g/mol. The van der Waals surface area contributed by atoms with E-state index in [2.05, 4.69) is 65.6 Å². The van der Waals surface area contributed by atoms with Gasteiger partial charge in [0.05, 0.1) is 0 Å². The van der Waals surface area contributed by atoms with Gasteiger partial charge in [0, 0.05) is 0 Å². The third kappa shape index (κ3) is 7.93. The van der Waals surface area contributed by atoms with E-state index in [1.807, 2.05) is 0 Å². The minimum atomic E-state index is -6.00. The molecule has 0 saturated heterocycles. The molecule has 2 aromatic rings. The predicted octanol–water partition coefficient (Wildman–Crippen LogP) is 5.03. The number of halogens is 4. The molecule has 0 nitrogen and oxygen atoms in total. The fourth-order valence-corrected chi connectivity index (χ4v) is 6.92. The Morgan fingerprint density at radius 2 is 1.08 bits per heavy atom. The second kappa shape index (κ2) is 9.84. The molecule has 1 saturated carbocycles. The van der Waals surface area contributed by atoms with E-state index in [0.717, 1.165) is 0 Å². The van der Waals surface area contributed by atoms with Crippen LogP contribution in [0.4, 0.5) is 17.3 Å². The number of hydrogen-bond acceptors (Lipinski definition) is 0. The van der Waals surface area contributed by atoms with Crippen molar-refractivity contribution in [1.82, 2.24) is 0 Å². The van der Waals surface area contributed by atoms with Crippen molar-refractivity contribution >= 4 is 30.1 Å². The van der Waals surface area contributed by atoms with E-state index in [9.17, 15) is 17.3 Å². The van der Waals surface area contributed by atoms with Crippen LogP contribution >= 0.6 is 0 Å². The van der Waals surface area contributed by atoms with E-state index < -0.39 is 21.2 Å². The molecule has 6 heteroatoms. The van der Waals surface area contributed by atoms with Crippen LogP contribution in [-0.2, 0) is 0 Å². The molecular formula is C19H21BF4Se. The van der Waals surface area contributed by atoms with Crippen molar-refractivity contribution in [2.75, 3.05) is 0 Å². The van der Waals surface area contributed by atoms with Crippen LogP contribution in [0.5, 0.6) is 0 Å². The second-order valence-corrected chi connectivity index (χ2v) is 9.69. The van der Waals surface area contributed by atoms with Crippen LogP contribution in [0.3, 0.4) is 0 Å². The molecule has 0 aliphatic heterocycles. The van der Waals surface area contributed by atoms with Crippen molar-refractivity contribution in [3.8, 4) is 0 Å². The molecule has 1 fully saturated rings. The predicted molar refractivity (Wildman–Crippen MR) is 99.3 cm³/mol. The Morgan fingerprint density at radius 3 is 1.48 bits per heavy atom. The van der Waals surface area contributed by atoms with Crippen LogP contribution in [0.2, 0.25) is 0 Å². The molecule has 0 unspecified atom stereocenters. The molecule has 134 valence electrons. The summed E-state index contributed by atoms with van der Waals surface area (Å²) in [6, 6.07) is 22.1. The average Bonchev–Trinajstić information content (AvgIpc) is 2.61. The first kappa shape index (κ1) is 19.8. The Kier molecular flexibility index (Phi) is 7.79. The van der Waals surface area contributed by atoms with Crippen LogP contribution in [0.25, 0.3) is 0 Å². The normalized spacial score (nSPS) is 14.7. The number of allylic oxidation sites excluding steroid dienone is 1. The van der Waals surface area contributed by atoms with Crippen molar-refractivity contribution in [3.63, 3.8) is 0 Å². The Morgan fingerprint density at radius 1 is 0.680 bits per heavy atom. The summed E-state index contributed by atoms with van der Waals surface area (Å²) in [5.74, 6) is 0. The van der Waals surface area contributed by atoms with Gasteiger partial charge in [0.1, 0.15) is 0 Å². The largest absolute Gasteiger partial charge is 0.673 e. The molecule has 0 aromatic heterocycles. The summed E-state index contributed by atoms with van der Waals surface area (Å²) in [5, 5.41) is 0. The zero-order chi connectivity index (χ0) is 18.1. The van der Waals surface area contributed by atoms with E-state index in [1.165, 1.54) is 41.0 Å². The topological polar surface area (TPSA) is 0 Å². The smallest absolute Gasteiger partial charge is 0.418 e. The summed E-state index contributed by atoms with van der Waals surface area (Å²) in [5.41, 5.74) is 1.70. The van der Waals surface area contributed by atoms with Crippen molar-refractivity contribution in [1.29, 1.82) is 0 Å². The molecule has 1 aliphatic rings. The number of benzene rings is 2. The van der Waals surface area contributed by atoms with Gasteiger partial charge in [-0.25, -0.2) is 0 Å². The second-order valence-electron chi connectivity index (χ2n) is 5.80. The van der Waals surface area contributed by atoms with Crippen LogP contribution in [0.15, 0.2) is 71.2 Å². The summed E-state index contributed by atoms with van der Waals surface area (Å²) < 4.78 is 42.0. The van der Waals surface area contributed by atoms with Crippen LogP contribution in [0.1, 0.15) is 32.1 Å². The van der Waals surface area contributed by atoms with Gasteiger partial charge in [0.25, 0.3) is 0 Å². The minimum Gasteiger partial charge on any atom is -0.418 e. The van der Waals surface area contributed by atoms with Gasteiger partial charge in [-0.05, 0) is 0 Å². The summed E-state index contributed by atoms with van der Waals surface area (Å²) in [7, 11) is -6.00. The molecule has 0 radical (unpaired) electrons. The molecule has 0 bridgehead atoms. The Bertz CT molecular complexity index is 603. The zero-order valence-corrected chi connectivity index (χ0v) is 15.6. The molecule has 0 amide bonds. The standard InChI is InChI=1S/C19H21Se.BF4/c1-4-10-17(11-5-1)16-20(18-12-6-2-7-13-18)19-14-8-3-9-15-19;2-1(3,4)5/h2-3,6-9,12-16H,1,4-5,10-11H2;/q+1;-1. The van der Waals surface area contributed by atoms with E-state index in [0.29, 0.717) is 0 Å². The molecule has 25 heavy (non-hydrogen) atoms. The van der Waals surface area contributed by atoms with Gasteiger partial charge >= 0.3 is 133 Å². The first-order chi connectivity index (χ1) is 11.9. The van der Waals surface area contributed by atoms with E-state index in [4.69, 9.17) is 0 Å². The van der Waals surface area contributed by atoms with Crippen LogP contribution in [-0.4, -0.2) is 21.2 Å². The van der Waals surface area contributed by atoms with Crippen LogP contribution in [0, 0.1) is 0 Å². The third-order valence-corrected chi connectivity index (χ3v) is 8.24. The Hall–Kier alpha value is -1.52. The van der Waals surface area contributed by atoms with Crippen molar-refractivity contribution in [2.24, 2.45) is 0 Å². The van der Waals surface area contributed by atoms with E-state index in [1.54, 1.807) is 5.57 Å². The molecule has 0 spiro atoms. The van der Waals surface area contributed by atoms with Gasteiger partial charge in [-0.15, -0.1) is 0 Å². The fourth-order valence-electron chi connectivity index (χ4n) is 2.70. The Balaban J connectivity index is 0.000000399. The number of rotatable bonds is 3. The summed E-state index contributed by atoms with van der Waals surface area (Å²) in [6.45, 7) is 0. The SMILES string of the molecule is C(=C1CCCCC1)[Se+](c1ccccc1)c1ccccc1.F[B-](F)(F)F. The molecular weight excluding hydrogens is 394 g/mol. The molecule has 1 aliphatic carbocycles. The molecule has 0 N–H and O–H groups in total. The molecule has 3 rings (SSSR count). The van der Waals surface area contributed by atoms with E-state index in [-0.39, 0.29) is 0 Å². The van der Waals surface area contributed by atoms with Gasteiger partial charge in [-0.3, -0.25) is 0 Å². The first-order valence-corrected chi connectivity index (χ1v) is 11.0. The van der Waals surface area contributed by atoms with Gasteiger partial charge < -0.3 is 17.3 Å². The van der Waals surface area contributed by atoms with Gasteiger partial charge in [0.15, 0.2) is 0 Å². The zero-order valence-electron chi connectivity index (χ0n) is 13.9. The summed E-state index contributed by atoms with van der Waals surface area (Å²) in [4.78, 5) is 2.64. The third-order valence-electron chi connectivity index (χ3n) is 3.77. The molecule has 2 aromatic carbocycles. The maximum absolute atomic E-state index is 9.75. The van der Waals surface area contributed by atoms with Gasteiger partial charge in [0.2, 0.25) is 0 Å². The first-order valence-electron chi connectivity index (χ1n) is 8.33. The summed E-state index contributed by atoms with van der Waals surface area (Å²) in [6.07, 6.45) is 6.82. The maximum Gasteiger partial charge on any atom is 0.673 e. The Labute approximate surface area is 150 Å². The van der Waals surface area contributed by atoms with Gasteiger partial charge in [-0.1, -0.05) is 0 Å². The maximum atomic E-state index is 9.75. The quantitative estimate of drug-likeness (QED) is 0.488. The number of hydrogen-bond donors (Lipinski definition) is 0. The fraction of sp³-hybridized carbons (Fsp3) is 0.263. The molecule has 0 atom stereocenters. The van der Waals surface area contributed by atoms with Crippen molar-refractivity contribution in [3.05, 3.63) is 71.2 Å². The molecule has 0 heterocycles. The average molecular weight is 415 g/mol. The minimum absolute atomic E-state index is 1.03. The van der Waals surface area contributed by atoms with Crippen molar-refractivity contribution in [2.45, 2.75) is 32.1 Å². The van der Waals surface area contributed by atoms with Crippen LogP contribution < -0.4 is 8.92 Å². The van der Waals surface area contributed by atoms with Gasteiger partial charge in [-0.2, -0.15) is 0 Å².